The maximum Gasteiger partial charge on any atom is 0.412 e. The van der Waals surface area contributed by atoms with E-state index in [9.17, 15) is 4.79 Å². The van der Waals surface area contributed by atoms with Crippen LogP contribution in [0.1, 0.15) is 0 Å². The molecule has 1 amide bonds. The third kappa shape index (κ3) is 3.90. The van der Waals surface area contributed by atoms with Gasteiger partial charge in [-0.15, -0.1) is 0 Å². The number of hydrogen-bond acceptors (Lipinski definition) is 7. The Morgan fingerprint density at radius 2 is 1.85 bits per heavy atom. The molecule has 0 unspecified atom stereocenters. The molecule has 10 nitrogen and oxygen atoms in total. The Morgan fingerprint density at radius 1 is 1.00 bits per heavy atom. The highest BCUT2D eigenvalue weighted by Crippen LogP contribution is 2.29. The first kappa shape index (κ1) is 21.4. The number of benzene rings is 1. The van der Waals surface area contributed by atoms with Gasteiger partial charge >= 0.3 is 6.09 Å². The van der Waals surface area contributed by atoms with E-state index < -0.39 is 6.09 Å². The summed E-state index contributed by atoms with van der Waals surface area (Å²) in [4.78, 5) is 24.6. The lowest BCUT2D eigenvalue weighted by Gasteiger charge is -2.10. The number of anilines is 1. The highest BCUT2D eigenvalue weighted by Gasteiger charge is 2.14. The van der Waals surface area contributed by atoms with Crippen molar-refractivity contribution in [2.45, 2.75) is 0 Å². The molecule has 0 saturated carbocycles. The number of imidazole rings is 1. The Labute approximate surface area is 198 Å². The maximum atomic E-state index is 11.4. The van der Waals surface area contributed by atoms with Gasteiger partial charge < -0.3 is 9.47 Å². The van der Waals surface area contributed by atoms with E-state index in [2.05, 4.69) is 30.1 Å². The zero-order valence-electron chi connectivity index (χ0n) is 18.1. The van der Waals surface area contributed by atoms with Crippen LogP contribution in [-0.4, -0.2) is 49.4 Å². The van der Waals surface area contributed by atoms with Crippen LogP contribution in [0.15, 0.2) is 67.4 Å². The number of halogens is 1. The molecule has 170 valence electrons. The minimum Gasteiger partial charge on any atom is -0.495 e. The number of methoxy groups -OCH3 is 2. The number of fused-ring (bicyclic) bond motifs is 1. The van der Waals surface area contributed by atoms with Crippen molar-refractivity contribution in [3.63, 3.8) is 0 Å². The molecule has 4 aromatic heterocycles. The highest BCUT2D eigenvalue weighted by molar-refractivity contribution is 6.32. The summed E-state index contributed by atoms with van der Waals surface area (Å²) >= 11 is 6.17. The van der Waals surface area contributed by atoms with Crippen LogP contribution in [0.4, 0.5) is 10.6 Å². The average Bonchev–Trinajstić information content (AvgIpc) is 3.52. The fraction of sp³-hybridized carbons (Fsp3) is 0.0870. The lowest BCUT2D eigenvalue weighted by molar-refractivity contribution is 0.187. The molecule has 5 aromatic rings. The van der Waals surface area contributed by atoms with Gasteiger partial charge in [0, 0.05) is 29.6 Å². The van der Waals surface area contributed by atoms with Crippen LogP contribution in [0.2, 0.25) is 5.02 Å². The molecule has 1 aromatic carbocycles. The highest BCUT2D eigenvalue weighted by atomic mass is 35.5. The van der Waals surface area contributed by atoms with E-state index >= 15 is 0 Å². The molecule has 4 heterocycles. The molecular formula is C23H18ClN7O3. The minimum absolute atomic E-state index is 0.386. The van der Waals surface area contributed by atoms with Crippen LogP contribution in [0.3, 0.4) is 0 Å². The third-order valence-electron chi connectivity index (χ3n) is 5.17. The van der Waals surface area contributed by atoms with E-state index in [0.717, 1.165) is 28.2 Å². The number of rotatable bonds is 5. The summed E-state index contributed by atoms with van der Waals surface area (Å²) in [6.07, 6.45) is 6.27. The SMILES string of the molecule is COC(=O)Nc1ccc(-c2cnc3ccc(-c4ncnn4-c4ccc(Cl)c(OC)c4)cn23)cn1. The van der Waals surface area contributed by atoms with Crippen molar-refractivity contribution < 1.29 is 14.3 Å². The number of ether oxygens (including phenoxy) is 2. The standard InChI is InChI=1S/C23H18ClN7O3/c1-33-19-9-16(5-6-17(19)24)31-22(27-13-28-31)15-4-8-21-26-11-18(30(21)12-15)14-3-7-20(25-10-14)29-23(32)34-2/h3-13H,1-2H3,(H,25,29,32). The summed E-state index contributed by atoms with van der Waals surface area (Å²) in [5.41, 5.74) is 4.00. The van der Waals surface area contributed by atoms with E-state index in [4.69, 9.17) is 16.3 Å². The normalized spacial score (nSPS) is 10.9. The molecule has 0 saturated heterocycles. The number of hydrogen-bond donors (Lipinski definition) is 1. The fourth-order valence-electron chi connectivity index (χ4n) is 3.51. The molecular weight excluding hydrogens is 458 g/mol. The van der Waals surface area contributed by atoms with Crippen LogP contribution < -0.4 is 10.1 Å². The molecule has 11 heteroatoms. The molecule has 0 aliphatic heterocycles. The van der Waals surface area contributed by atoms with Gasteiger partial charge in [-0.2, -0.15) is 5.10 Å². The first-order chi connectivity index (χ1) is 16.6. The second-order valence-electron chi connectivity index (χ2n) is 7.15. The molecule has 0 fully saturated rings. The van der Waals surface area contributed by atoms with Gasteiger partial charge in [-0.25, -0.2) is 24.4 Å². The largest absolute Gasteiger partial charge is 0.495 e. The second kappa shape index (κ2) is 8.83. The quantitative estimate of drug-likeness (QED) is 0.399. The van der Waals surface area contributed by atoms with E-state index in [1.165, 1.54) is 13.4 Å². The molecule has 0 bridgehead atoms. The molecule has 0 atom stereocenters. The molecule has 5 rings (SSSR count). The van der Waals surface area contributed by atoms with Gasteiger partial charge in [-0.1, -0.05) is 11.6 Å². The predicted molar refractivity (Wildman–Crippen MR) is 126 cm³/mol. The van der Waals surface area contributed by atoms with Crippen molar-refractivity contribution in [1.29, 1.82) is 0 Å². The van der Waals surface area contributed by atoms with Gasteiger partial charge in [0.05, 0.1) is 36.8 Å². The lowest BCUT2D eigenvalue weighted by Crippen LogP contribution is -2.11. The lowest BCUT2D eigenvalue weighted by atomic mass is 10.2. The smallest absolute Gasteiger partial charge is 0.412 e. The van der Waals surface area contributed by atoms with E-state index in [1.807, 2.05) is 34.9 Å². The van der Waals surface area contributed by atoms with E-state index in [0.29, 0.717) is 22.4 Å². The molecule has 0 spiro atoms. The van der Waals surface area contributed by atoms with Gasteiger partial charge in [0.25, 0.3) is 0 Å². The number of carbonyl (C=O) groups excluding carboxylic acids is 1. The Bertz CT molecular complexity index is 1490. The number of amides is 1. The fourth-order valence-corrected chi connectivity index (χ4v) is 3.70. The summed E-state index contributed by atoms with van der Waals surface area (Å²) in [7, 11) is 2.86. The van der Waals surface area contributed by atoms with Crippen LogP contribution in [0, 0.1) is 0 Å². The number of aromatic nitrogens is 6. The van der Waals surface area contributed by atoms with Gasteiger partial charge in [0.2, 0.25) is 0 Å². The average molecular weight is 476 g/mol. The summed E-state index contributed by atoms with van der Waals surface area (Å²) in [5.74, 6) is 1.57. The number of carbonyl (C=O) groups is 1. The summed E-state index contributed by atoms with van der Waals surface area (Å²) < 4.78 is 13.6. The Hall–Kier alpha value is -4.44. The zero-order chi connectivity index (χ0) is 23.7. The van der Waals surface area contributed by atoms with E-state index in [1.54, 1.807) is 42.4 Å². The number of nitrogens with one attached hydrogen (secondary N) is 1. The van der Waals surface area contributed by atoms with Crippen molar-refractivity contribution in [2.24, 2.45) is 0 Å². The van der Waals surface area contributed by atoms with Crippen molar-refractivity contribution >= 4 is 29.2 Å². The summed E-state index contributed by atoms with van der Waals surface area (Å²) in [6, 6.07) is 12.8. The topological polar surface area (TPSA) is 108 Å². The predicted octanol–water partition coefficient (Wildman–Crippen LogP) is 4.48. The molecule has 34 heavy (non-hydrogen) atoms. The number of nitrogens with zero attached hydrogens (tertiary/aromatic N) is 6. The van der Waals surface area contributed by atoms with Gasteiger partial charge in [-0.05, 0) is 36.4 Å². The monoisotopic (exact) mass is 475 g/mol. The first-order valence-electron chi connectivity index (χ1n) is 10.1. The van der Waals surface area contributed by atoms with Crippen LogP contribution in [0.5, 0.6) is 5.75 Å². The maximum absolute atomic E-state index is 11.4. The van der Waals surface area contributed by atoms with E-state index in [-0.39, 0.29) is 0 Å². The van der Waals surface area contributed by atoms with Gasteiger partial charge in [0.15, 0.2) is 5.82 Å². The summed E-state index contributed by atoms with van der Waals surface area (Å²) in [6.45, 7) is 0. The number of pyridine rings is 2. The molecule has 0 radical (unpaired) electrons. The second-order valence-corrected chi connectivity index (χ2v) is 7.56. The molecule has 0 aliphatic rings. The van der Waals surface area contributed by atoms with Crippen molar-refractivity contribution in [1.82, 2.24) is 29.1 Å². The Kier molecular flexibility index (Phi) is 5.56. The van der Waals surface area contributed by atoms with Crippen molar-refractivity contribution in [3.05, 3.63) is 72.4 Å². The first-order valence-corrected chi connectivity index (χ1v) is 10.5. The summed E-state index contributed by atoms with van der Waals surface area (Å²) in [5, 5.41) is 7.43. The Balaban J connectivity index is 1.53. The van der Waals surface area contributed by atoms with Gasteiger partial charge in [-0.3, -0.25) is 9.72 Å². The van der Waals surface area contributed by atoms with Gasteiger partial charge in [0.1, 0.15) is 23.5 Å². The minimum atomic E-state index is -0.581. The van der Waals surface area contributed by atoms with Crippen molar-refractivity contribution in [3.8, 4) is 34.1 Å². The molecule has 0 aliphatic carbocycles. The third-order valence-corrected chi connectivity index (χ3v) is 5.48. The van der Waals surface area contributed by atoms with Crippen LogP contribution in [0.25, 0.3) is 34.0 Å². The molecule has 1 N–H and O–H groups in total. The van der Waals surface area contributed by atoms with Crippen LogP contribution >= 0.6 is 11.6 Å². The van der Waals surface area contributed by atoms with Crippen LogP contribution in [-0.2, 0) is 4.74 Å². The Morgan fingerprint density at radius 3 is 2.62 bits per heavy atom. The van der Waals surface area contributed by atoms with Crippen molar-refractivity contribution in [2.75, 3.05) is 19.5 Å². The zero-order valence-corrected chi connectivity index (χ0v) is 18.9.